The highest BCUT2D eigenvalue weighted by molar-refractivity contribution is 7.99. The fourth-order valence-corrected chi connectivity index (χ4v) is 3.08. The Morgan fingerprint density at radius 2 is 1.86 bits per heavy atom. The lowest BCUT2D eigenvalue weighted by atomic mass is 10.1. The summed E-state index contributed by atoms with van der Waals surface area (Å²) in [6.45, 7) is 5.92. The van der Waals surface area contributed by atoms with Crippen molar-refractivity contribution in [1.82, 2.24) is 5.32 Å². The van der Waals surface area contributed by atoms with Crippen LogP contribution in [-0.2, 0) is 4.74 Å². The maximum absolute atomic E-state index is 5.32. The predicted molar refractivity (Wildman–Crippen MR) is 93.3 cm³/mol. The molecule has 2 aromatic carbocycles. The van der Waals surface area contributed by atoms with Gasteiger partial charge in [0.1, 0.15) is 0 Å². The lowest BCUT2D eigenvalue weighted by Gasteiger charge is -2.06. The van der Waals surface area contributed by atoms with Gasteiger partial charge in [-0.1, -0.05) is 30.3 Å². The van der Waals surface area contributed by atoms with Crippen molar-refractivity contribution in [3.8, 4) is 0 Å². The topological polar surface area (TPSA) is 21.3 Å². The van der Waals surface area contributed by atoms with Gasteiger partial charge in [0.05, 0.1) is 0 Å². The highest BCUT2D eigenvalue weighted by Crippen LogP contribution is 2.23. The zero-order valence-corrected chi connectivity index (χ0v) is 13.6. The monoisotopic (exact) mass is 303 g/mol. The number of fused-ring (bicyclic) bond motifs is 1. The number of unbranched alkanes of at least 4 members (excludes halogenated alkanes) is 1. The minimum Gasteiger partial charge on any atom is -0.382 e. The summed E-state index contributed by atoms with van der Waals surface area (Å²) in [5.41, 5.74) is 0. The van der Waals surface area contributed by atoms with E-state index in [9.17, 15) is 0 Å². The van der Waals surface area contributed by atoms with Gasteiger partial charge in [-0.25, -0.2) is 0 Å². The van der Waals surface area contributed by atoms with E-state index in [1.165, 1.54) is 22.1 Å². The molecule has 2 rings (SSSR count). The molecule has 3 heteroatoms. The number of ether oxygens (including phenoxy) is 1. The van der Waals surface area contributed by atoms with Crippen LogP contribution in [0.4, 0.5) is 0 Å². The summed E-state index contributed by atoms with van der Waals surface area (Å²) >= 11 is 1.92. The van der Waals surface area contributed by atoms with Gasteiger partial charge >= 0.3 is 0 Å². The average molecular weight is 303 g/mol. The Morgan fingerprint density at radius 1 is 1.00 bits per heavy atom. The van der Waals surface area contributed by atoms with Crippen molar-refractivity contribution in [3.63, 3.8) is 0 Å². The first-order chi connectivity index (χ1) is 10.4. The number of rotatable bonds is 10. The van der Waals surface area contributed by atoms with Crippen molar-refractivity contribution in [2.45, 2.75) is 24.7 Å². The molecule has 114 valence electrons. The standard InChI is InChI=1S/C18H25NOS/c1-2-20-13-6-5-11-19-12-14-21-18-10-9-16-7-3-4-8-17(16)15-18/h3-4,7-10,15,19H,2,5-6,11-14H2,1H3. The molecule has 0 bridgehead atoms. The third-order valence-corrected chi connectivity index (χ3v) is 4.36. The average Bonchev–Trinajstić information content (AvgIpc) is 2.53. The van der Waals surface area contributed by atoms with Crippen LogP contribution in [0.15, 0.2) is 47.4 Å². The molecular weight excluding hydrogens is 278 g/mol. The van der Waals surface area contributed by atoms with Crippen LogP contribution in [0.2, 0.25) is 0 Å². The Labute approximate surface area is 132 Å². The van der Waals surface area contributed by atoms with E-state index >= 15 is 0 Å². The quantitative estimate of drug-likeness (QED) is 0.521. The summed E-state index contributed by atoms with van der Waals surface area (Å²) in [6.07, 6.45) is 2.35. The van der Waals surface area contributed by atoms with Crippen LogP contribution in [0.1, 0.15) is 19.8 Å². The van der Waals surface area contributed by atoms with Gasteiger partial charge in [-0.3, -0.25) is 0 Å². The zero-order chi connectivity index (χ0) is 14.8. The smallest absolute Gasteiger partial charge is 0.0466 e. The summed E-state index contributed by atoms with van der Waals surface area (Å²) < 4.78 is 5.32. The van der Waals surface area contributed by atoms with Crippen molar-refractivity contribution in [2.24, 2.45) is 0 Å². The zero-order valence-electron chi connectivity index (χ0n) is 12.8. The number of hydrogen-bond donors (Lipinski definition) is 1. The Balaban J connectivity index is 1.59. The third-order valence-electron chi connectivity index (χ3n) is 3.36. The van der Waals surface area contributed by atoms with Crippen molar-refractivity contribution in [3.05, 3.63) is 42.5 Å². The summed E-state index contributed by atoms with van der Waals surface area (Å²) in [5.74, 6) is 1.11. The molecule has 0 aliphatic rings. The van der Waals surface area contributed by atoms with Crippen molar-refractivity contribution in [2.75, 3.05) is 32.1 Å². The molecule has 0 radical (unpaired) electrons. The van der Waals surface area contributed by atoms with Crippen LogP contribution < -0.4 is 5.32 Å². The van der Waals surface area contributed by atoms with Gasteiger partial charge in [0.15, 0.2) is 0 Å². The Hall–Kier alpha value is -1.03. The first-order valence-electron chi connectivity index (χ1n) is 7.80. The first-order valence-corrected chi connectivity index (χ1v) is 8.79. The Morgan fingerprint density at radius 3 is 2.71 bits per heavy atom. The largest absolute Gasteiger partial charge is 0.382 e. The highest BCUT2D eigenvalue weighted by Gasteiger charge is 1.97. The molecule has 0 fully saturated rings. The van der Waals surface area contributed by atoms with Gasteiger partial charge in [-0.15, -0.1) is 11.8 Å². The van der Waals surface area contributed by atoms with Crippen LogP contribution in [0.5, 0.6) is 0 Å². The fourth-order valence-electron chi connectivity index (χ4n) is 2.22. The molecule has 21 heavy (non-hydrogen) atoms. The molecule has 2 nitrogen and oxygen atoms in total. The van der Waals surface area contributed by atoms with Crippen LogP contribution >= 0.6 is 11.8 Å². The van der Waals surface area contributed by atoms with Crippen LogP contribution in [-0.4, -0.2) is 32.1 Å². The van der Waals surface area contributed by atoms with E-state index in [2.05, 4.69) is 47.8 Å². The highest BCUT2D eigenvalue weighted by atomic mass is 32.2. The van der Waals surface area contributed by atoms with E-state index in [4.69, 9.17) is 4.74 Å². The molecule has 0 unspecified atom stereocenters. The summed E-state index contributed by atoms with van der Waals surface area (Å²) in [6, 6.07) is 15.2. The van der Waals surface area contributed by atoms with E-state index in [0.717, 1.165) is 38.5 Å². The maximum atomic E-state index is 5.32. The number of nitrogens with one attached hydrogen (secondary N) is 1. The second kappa shape index (κ2) is 9.82. The van der Waals surface area contributed by atoms with E-state index in [1.807, 2.05) is 18.7 Å². The molecule has 0 atom stereocenters. The molecule has 2 aromatic rings. The number of thioether (sulfide) groups is 1. The second-order valence-electron chi connectivity index (χ2n) is 5.01. The molecule has 0 heterocycles. The SMILES string of the molecule is CCOCCCCNCCSc1ccc2ccccc2c1. The normalized spacial score (nSPS) is 11.1. The molecular formula is C18H25NOS. The lowest BCUT2D eigenvalue weighted by Crippen LogP contribution is -2.18. The van der Waals surface area contributed by atoms with Gasteiger partial charge in [0, 0.05) is 30.4 Å². The van der Waals surface area contributed by atoms with Crippen molar-refractivity contribution in [1.29, 1.82) is 0 Å². The van der Waals surface area contributed by atoms with Crippen LogP contribution in [0, 0.1) is 0 Å². The summed E-state index contributed by atoms with van der Waals surface area (Å²) in [4.78, 5) is 1.35. The Kier molecular flexibility index (Phi) is 7.65. The predicted octanol–water partition coefficient (Wildman–Crippen LogP) is 4.34. The molecule has 0 aliphatic heterocycles. The fraction of sp³-hybridized carbons (Fsp3) is 0.444. The molecule has 0 amide bonds. The molecule has 0 saturated carbocycles. The molecule has 0 saturated heterocycles. The van der Waals surface area contributed by atoms with Gasteiger partial charge < -0.3 is 10.1 Å². The molecule has 1 N–H and O–H groups in total. The van der Waals surface area contributed by atoms with Crippen LogP contribution in [0.25, 0.3) is 10.8 Å². The maximum Gasteiger partial charge on any atom is 0.0466 e. The molecule has 0 aliphatic carbocycles. The van der Waals surface area contributed by atoms with E-state index in [0.29, 0.717) is 0 Å². The summed E-state index contributed by atoms with van der Waals surface area (Å²) in [5, 5.41) is 6.13. The van der Waals surface area contributed by atoms with Gasteiger partial charge in [-0.2, -0.15) is 0 Å². The van der Waals surface area contributed by atoms with E-state index in [1.54, 1.807) is 0 Å². The Bertz CT molecular complexity index is 529. The van der Waals surface area contributed by atoms with Crippen LogP contribution in [0.3, 0.4) is 0 Å². The van der Waals surface area contributed by atoms with E-state index in [-0.39, 0.29) is 0 Å². The minimum atomic E-state index is 0.829. The minimum absolute atomic E-state index is 0.829. The van der Waals surface area contributed by atoms with Gasteiger partial charge in [0.2, 0.25) is 0 Å². The first kappa shape index (κ1) is 16.3. The van der Waals surface area contributed by atoms with Gasteiger partial charge in [0.25, 0.3) is 0 Å². The van der Waals surface area contributed by atoms with E-state index < -0.39 is 0 Å². The third kappa shape index (κ3) is 6.08. The number of hydrogen-bond acceptors (Lipinski definition) is 3. The second-order valence-corrected chi connectivity index (χ2v) is 6.18. The molecule has 0 spiro atoms. The lowest BCUT2D eigenvalue weighted by molar-refractivity contribution is 0.143. The number of benzene rings is 2. The van der Waals surface area contributed by atoms with Crippen molar-refractivity contribution < 1.29 is 4.74 Å². The molecule has 0 aromatic heterocycles. The van der Waals surface area contributed by atoms with Gasteiger partial charge in [-0.05, 0) is 49.2 Å². The summed E-state index contributed by atoms with van der Waals surface area (Å²) in [7, 11) is 0. The van der Waals surface area contributed by atoms with Crippen molar-refractivity contribution >= 4 is 22.5 Å².